The van der Waals surface area contributed by atoms with Gasteiger partial charge in [0, 0.05) is 50.9 Å². The Balaban J connectivity index is 1.31. The maximum absolute atomic E-state index is 13.6. The third kappa shape index (κ3) is 4.10. The van der Waals surface area contributed by atoms with Crippen molar-refractivity contribution in [1.29, 1.82) is 0 Å². The molecular formula is C25H25FN6O2. The van der Waals surface area contributed by atoms with Gasteiger partial charge in [-0.2, -0.15) is 0 Å². The van der Waals surface area contributed by atoms with E-state index < -0.39 is 5.82 Å². The van der Waals surface area contributed by atoms with Crippen LogP contribution in [0.4, 0.5) is 10.1 Å². The lowest BCUT2D eigenvalue weighted by Crippen LogP contribution is -2.51. The van der Waals surface area contributed by atoms with Crippen LogP contribution in [-0.4, -0.2) is 58.5 Å². The van der Waals surface area contributed by atoms with Crippen LogP contribution < -0.4 is 15.8 Å². The molecule has 0 radical (unpaired) electrons. The van der Waals surface area contributed by atoms with Crippen molar-refractivity contribution in [2.24, 2.45) is 0 Å². The van der Waals surface area contributed by atoms with Crippen LogP contribution in [0, 0.1) is 5.82 Å². The predicted octanol–water partition coefficient (Wildman–Crippen LogP) is 2.68. The zero-order valence-electron chi connectivity index (χ0n) is 19.0. The van der Waals surface area contributed by atoms with Gasteiger partial charge >= 0.3 is 0 Å². The van der Waals surface area contributed by atoms with E-state index in [1.165, 1.54) is 12.1 Å². The zero-order valence-corrected chi connectivity index (χ0v) is 19.0. The van der Waals surface area contributed by atoms with Crippen LogP contribution >= 0.6 is 0 Å². The summed E-state index contributed by atoms with van der Waals surface area (Å²) in [6.07, 6.45) is 3.57. The first-order valence-corrected chi connectivity index (χ1v) is 11.2. The summed E-state index contributed by atoms with van der Waals surface area (Å²) in [5.74, 6) is -0.643. The van der Waals surface area contributed by atoms with Crippen LogP contribution in [0.3, 0.4) is 0 Å². The molecule has 1 amide bonds. The number of H-pyrrole nitrogens is 1. The molecule has 1 saturated heterocycles. The maximum atomic E-state index is 13.6. The number of hydrogen-bond donors (Lipinski definition) is 2. The number of halogens is 1. The molecule has 174 valence electrons. The number of carbonyl (C=O) groups is 1. The van der Waals surface area contributed by atoms with Gasteiger partial charge in [-0.15, -0.1) is 0 Å². The van der Waals surface area contributed by atoms with Crippen LogP contribution in [0.2, 0.25) is 0 Å². The largest absolute Gasteiger partial charge is 0.367 e. The molecule has 1 aliphatic heterocycles. The summed E-state index contributed by atoms with van der Waals surface area (Å²) in [5, 5.41) is 3.52. The fourth-order valence-corrected chi connectivity index (χ4v) is 4.54. The molecule has 0 spiro atoms. The number of pyridine rings is 3. The van der Waals surface area contributed by atoms with Crippen molar-refractivity contribution in [3.63, 3.8) is 0 Å². The molecule has 0 saturated carbocycles. The van der Waals surface area contributed by atoms with Gasteiger partial charge in [-0.05, 0) is 48.9 Å². The van der Waals surface area contributed by atoms with Crippen LogP contribution in [-0.2, 0) is 6.54 Å². The van der Waals surface area contributed by atoms with E-state index in [-0.39, 0.29) is 17.5 Å². The van der Waals surface area contributed by atoms with E-state index >= 15 is 0 Å². The SMILES string of the molecule is CNC(=O)c1ccc(N2CCN(Cc3cnc4c(c3)[nH]c(=O)c3cc(F)ccc34)[C@@H](C)C2)cn1. The van der Waals surface area contributed by atoms with Gasteiger partial charge in [-0.1, -0.05) is 0 Å². The fraction of sp³-hybridized carbons (Fsp3) is 0.280. The number of anilines is 1. The molecule has 1 fully saturated rings. The number of nitrogens with one attached hydrogen (secondary N) is 2. The topological polar surface area (TPSA) is 94.2 Å². The number of aromatic amines is 1. The van der Waals surface area contributed by atoms with Crippen molar-refractivity contribution in [1.82, 2.24) is 25.2 Å². The predicted molar refractivity (Wildman–Crippen MR) is 130 cm³/mol. The van der Waals surface area contributed by atoms with E-state index in [2.05, 4.69) is 37.0 Å². The normalized spacial score (nSPS) is 16.8. The van der Waals surface area contributed by atoms with Crippen molar-refractivity contribution in [3.05, 3.63) is 76.2 Å². The van der Waals surface area contributed by atoms with Gasteiger partial charge in [-0.3, -0.25) is 19.5 Å². The molecule has 8 nitrogen and oxygen atoms in total. The number of carbonyl (C=O) groups excluding carboxylic acids is 1. The zero-order chi connectivity index (χ0) is 23.8. The smallest absolute Gasteiger partial charge is 0.269 e. The van der Waals surface area contributed by atoms with Gasteiger partial charge in [0.05, 0.1) is 28.3 Å². The first-order chi connectivity index (χ1) is 16.4. The van der Waals surface area contributed by atoms with Gasteiger partial charge in [0.25, 0.3) is 11.5 Å². The first-order valence-electron chi connectivity index (χ1n) is 11.2. The third-order valence-corrected chi connectivity index (χ3v) is 6.40. The molecule has 0 aliphatic carbocycles. The Labute approximate surface area is 195 Å². The summed E-state index contributed by atoms with van der Waals surface area (Å²) < 4.78 is 13.6. The molecule has 1 aromatic carbocycles. The maximum Gasteiger partial charge on any atom is 0.269 e. The highest BCUT2D eigenvalue weighted by molar-refractivity contribution is 6.02. The summed E-state index contributed by atoms with van der Waals surface area (Å²) in [6.45, 7) is 5.39. The van der Waals surface area contributed by atoms with Crippen LogP contribution in [0.5, 0.6) is 0 Å². The number of aromatic nitrogens is 3. The Morgan fingerprint density at radius 1 is 1.15 bits per heavy atom. The lowest BCUT2D eigenvalue weighted by Gasteiger charge is -2.41. The molecule has 34 heavy (non-hydrogen) atoms. The van der Waals surface area contributed by atoms with Crippen LogP contribution in [0.1, 0.15) is 23.0 Å². The monoisotopic (exact) mass is 460 g/mol. The Bertz CT molecular complexity index is 1440. The summed E-state index contributed by atoms with van der Waals surface area (Å²) >= 11 is 0. The fourth-order valence-electron chi connectivity index (χ4n) is 4.54. The van der Waals surface area contributed by atoms with Crippen molar-refractivity contribution in [2.45, 2.75) is 19.5 Å². The number of amides is 1. The summed E-state index contributed by atoms with van der Waals surface area (Å²) in [7, 11) is 1.59. The average molecular weight is 461 g/mol. The summed E-state index contributed by atoms with van der Waals surface area (Å²) in [5.41, 5.74) is 3.38. The average Bonchev–Trinajstić information content (AvgIpc) is 2.85. The number of benzene rings is 1. The van der Waals surface area contributed by atoms with Crippen molar-refractivity contribution >= 4 is 33.4 Å². The Morgan fingerprint density at radius 2 is 2.00 bits per heavy atom. The minimum absolute atomic E-state index is 0.199. The van der Waals surface area contributed by atoms with Gasteiger partial charge in [0.1, 0.15) is 11.5 Å². The van der Waals surface area contributed by atoms with E-state index in [4.69, 9.17) is 0 Å². The standard InChI is InChI=1S/C25H25FN6O2/c1-15-13-32(18-4-6-21(28-12-18)25(34)27-2)8-7-31(15)14-16-9-22-23(29-11-16)19-5-3-17(26)10-20(19)24(33)30-22/h3-6,9-12,15H,7-8,13-14H2,1-2H3,(H,27,34)(H,30,33)/t15-/m0/s1. The molecule has 0 unspecified atom stereocenters. The highest BCUT2D eigenvalue weighted by Gasteiger charge is 2.24. The summed E-state index contributed by atoms with van der Waals surface area (Å²) in [6, 6.07) is 10.1. The van der Waals surface area contributed by atoms with Crippen LogP contribution in [0.25, 0.3) is 21.8 Å². The Kier molecular flexibility index (Phi) is 5.70. The summed E-state index contributed by atoms with van der Waals surface area (Å²) in [4.78, 5) is 40.5. The number of hydrogen-bond acceptors (Lipinski definition) is 6. The van der Waals surface area contributed by atoms with Crippen LogP contribution in [0.15, 0.2) is 53.6 Å². The van der Waals surface area contributed by atoms with E-state index in [0.717, 1.165) is 30.9 Å². The lowest BCUT2D eigenvalue weighted by molar-refractivity contribution is 0.0958. The molecule has 1 atom stereocenters. The third-order valence-electron chi connectivity index (χ3n) is 6.40. The first kappa shape index (κ1) is 22.0. The Hall–Kier alpha value is -3.85. The molecular weight excluding hydrogens is 435 g/mol. The molecule has 4 heterocycles. The second-order valence-corrected chi connectivity index (χ2v) is 8.63. The van der Waals surface area contributed by atoms with Crippen molar-refractivity contribution in [2.75, 3.05) is 31.6 Å². The van der Waals surface area contributed by atoms with E-state index in [9.17, 15) is 14.0 Å². The van der Waals surface area contributed by atoms with Crippen molar-refractivity contribution < 1.29 is 9.18 Å². The van der Waals surface area contributed by atoms with E-state index in [0.29, 0.717) is 34.0 Å². The Morgan fingerprint density at radius 3 is 2.74 bits per heavy atom. The molecule has 9 heteroatoms. The van der Waals surface area contributed by atoms with Gasteiger partial charge in [-0.25, -0.2) is 9.37 Å². The molecule has 4 aromatic rings. The van der Waals surface area contributed by atoms with Gasteiger partial charge in [0.2, 0.25) is 0 Å². The molecule has 0 bridgehead atoms. The van der Waals surface area contributed by atoms with Gasteiger partial charge in [0.15, 0.2) is 0 Å². The lowest BCUT2D eigenvalue weighted by atomic mass is 10.1. The quantitative estimate of drug-likeness (QED) is 0.455. The highest BCUT2D eigenvalue weighted by Crippen LogP contribution is 2.23. The molecule has 1 aliphatic rings. The number of piperazine rings is 1. The minimum Gasteiger partial charge on any atom is -0.367 e. The van der Waals surface area contributed by atoms with Crippen molar-refractivity contribution in [3.8, 4) is 0 Å². The molecule has 2 N–H and O–H groups in total. The van der Waals surface area contributed by atoms with Gasteiger partial charge < -0.3 is 15.2 Å². The molecule has 3 aromatic heterocycles. The highest BCUT2D eigenvalue weighted by atomic mass is 19.1. The number of rotatable bonds is 4. The minimum atomic E-state index is -0.444. The number of fused-ring (bicyclic) bond motifs is 3. The van der Waals surface area contributed by atoms with E-state index in [1.54, 1.807) is 25.4 Å². The van der Waals surface area contributed by atoms with E-state index in [1.807, 2.05) is 18.3 Å². The number of nitrogens with zero attached hydrogens (tertiary/aromatic N) is 4. The second kappa shape index (κ2) is 8.83. The second-order valence-electron chi connectivity index (χ2n) is 8.63. The molecule has 5 rings (SSSR count).